The summed E-state index contributed by atoms with van der Waals surface area (Å²) in [5.74, 6) is 2.78. The average Bonchev–Trinajstić information content (AvgIpc) is 2.80. The van der Waals surface area contributed by atoms with Crippen LogP contribution in [-0.4, -0.2) is 24.3 Å². The minimum absolute atomic E-state index is 0.0825. The molecule has 1 aliphatic heterocycles. The van der Waals surface area contributed by atoms with E-state index in [2.05, 4.69) is 0 Å². The van der Waals surface area contributed by atoms with Crippen molar-refractivity contribution >= 4 is 5.97 Å². The van der Waals surface area contributed by atoms with Crippen molar-refractivity contribution in [1.29, 1.82) is 0 Å². The summed E-state index contributed by atoms with van der Waals surface area (Å²) in [7, 11) is 0. The van der Waals surface area contributed by atoms with Gasteiger partial charge in [-0.25, -0.2) is 0 Å². The number of ether oxygens (including phenoxy) is 2. The zero-order chi connectivity index (χ0) is 10.2. The highest BCUT2D eigenvalue weighted by molar-refractivity contribution is 5.66. The molecule has 0 aromatic heterocycles. The highest BCUT2D eigenvalue weighted by Gasteiger charge is 2.68. The zero-order valence-electron chi connectivity index (χ0n) is 8.89. The fourth-order valence-electron chi connectivity index (χ4n) is 4.86. The van der Waals surface area contributed by atoms with Crippen LogP contribution in [0.5, 0.6) is 0 Å². The average molecular weight is 208 g/mol. The van der Waals surface area contributed by atoms with E-state index in [1.807, 2.05) is 0 Å². The molecule has 3 nitrogen and oxygen atoms in total. The molecule has 1 saturated heterocycles. The van der Waals surface area contributed by atoms with Crippen LogP contribution in [0.2, 0.25) is 0 Å². The van der Waals surface area contributed by atoms with Crippen LogP contribution in [-0.2, 0) is 14.3 Å². The van der Waals surface area contributed by atoms with E-state index in [1.54, 1.807) is 0 Å². The van der Waals surface area contributed by atoms with Crippen LogP contribution in [0.25, 0.3) is 0 Å². The van der Waals surface area contributed by atoms with Gasteiger partial charge in [0.1, 0.15) is 6.10 Å². The minimum Gasteiger partial charge on any atom is -0.459 e. The molecule has 2 bridgehead atoms. The standard InChI is InChI=1S/C12H16O3/c1-5(13)14-11-7-4-8-10-6(7)2-3-9(10)15-12(8)11/h6-12H,2-4H2,1H3/t6-,7-,8+,9-,10-,11-,12-/m0/s1. The zero-order valence-corrected chi connectivity index (χ0v) is 8.89. The Kier molecular flexibility index (Phi) is 1.47. The predicted molar refractivity (Wildman–Crippen MR) is 52.0 cm³/mol. The molecule has 0 unspecified atom stereocenters. The molecular weight excluding hydrogens is 192 g/mol. The third-order valence-corrected chi connectivity index (χ3v) is 5.10. The molecule has 3 saturated carbocycles. The van der Waals surface area contributed by atoms with Crippen LogP contribution in [0.15, 0.2) is 0 Å². The molecule has 0 spiro atoms. The number of esters is 1. The Bertz CT molecular complexity index is 325. The molecule has 4 fully saturated rings. The molecular formula is C12H16O3. The number of rotatable bonds is 1. The van der Waals surface area contributed by atoms with E-state index in [-0.39, 0.29) is 18.2 Å². The van der Waals surface area contributed by atoms with E-state index in [1.165, 1.54) is 26.2 Å². The summed E-state index contributed by atoms with van der Waals surface area (Å²) in [6.07, 6.45) is 4.60. The molecule has 4 rings (SSSR count). The number of hydrogen-bond donors (Lipinski definition) is 0. The highest BCUT2D eigenvalue weighted by Crippen LogP contribution is 2.65. The normalized spacial score (nSPS) is 58.9. The van der Waals surface area contributed by atoms with Crippen LogP contribution in [0.4, 0.5) is 0 Å². The Morgan fingerprint density at radius 1 is 1.27 bits per heavy atom. The summed E-state index contributed by atoms with van der Waals surface area (Å²) < 4.78 is 11.5. The summed E-state index contributed by atoms with van der Waals surface area (Å²) >= 11 is 0. The fraction of sp³-hybridized carbons (Fsp3) is 0.917. The van der Waals surface area contributed by atoms with Crippen molar-refractivity contribution in [1.82, 2.24) is 0 Å². The number of fused-ring (bicyclic) bond motifs is 2. The van der Waals surface area contributed by atoms with Crippen molar-refractivity contribution in [3.8, 4) is 0 Å². The van der Waals surface area contributed by atoms with Gasteiger partial charge in [0, 0.05) is 12.8 Å². The molecule has 4 aliphatic rings. The molecule has 0 N–H and O–H groups in total. The molecule has 82 valence electrons. The maximum Gasteiger partial charge on any atom is 0.303 e. The summed E-state index contributed by atoms with van der Waals surface area (Å²) in [4.78, 5) is 11.1. The van der Waals surface area contributed by atoms with Gasteiger partial charge in [0.15, 0.2) is 0 Å². The lowest BCUT2D eigenvalue weighted by Gasteiger charge is -2.31. The van der Waals surface area contributed by atoms with E-state index in [0.717, 1.165) is 11.8 Å². The van der Waals surface area contributed by atoms with Gasteiger partial charge < -0.3 is 9.47 Å². The van der Waals surface area contributed by atoms with Crippen molar-refractivity contribution in [3.05, 3.63) is 0 Å². The topological polar surface area (TPSA) is 35.5 Å². The van der Waals surface area contributed by atoms with Gasteiger partial charge in [0.25, 0.3) is 0 Å². The number of hydrogen-bond acceptors (Lipinski definition) is 3. The Labute approximate surface area is 89.1 Å². The first kappa shape index (κ1) is 8.57. The van der Waals surface area contributed by atoms with Gasteiger partial charge in [-0.3, -0.25) is 4.79 Å². The lowest BCUT2D eigenvalue weighted by atomic mass is 9.80. The van der Waals surface area contributed by atoms with Gasteiger partial charge in [-0.1, -0.05) is 0 Å². The second-order valence-electron chi connectivity index (χ2n) is 5.60. The molecule has 0 amide bonds. The van der Waals surface area contributed by atoms with Crippen LogP contribution >= 0.6 is 0 Å². The van der Waals surface area contributed by atoms with Crippen molar-refractivity contribution in [2.45, 2.75) is 44.5 Å². The third-order valence-electron chi connectivity index (χ3n) is 5.10. The first-order valence-corrected chi connectivity index (χ1v) is 6.08. The molecule has 0 aromatic carbocycles. The predicted octanol–water partition coefficient (Wildman–Crippen LogP) is 1.36. The van der Waals surface area contributed by atoms with Gasteiger partial charge >= 0.3 is 5.97 Å². The van der Waals surface area contributed by atoms with Crippen molar-refractivity contribution in [3.63, 3.8) is 0 Å². The van der Waals surface area contributed by atoms with Crippen LogP contribution in [0.3, 0.4) is 0 Å². The third kappa shape index (κ3) is 0.889. The Morgan fingerprint density at radius 3 is 2.93 bits per heavy atom. The van der Waals surface area contributed by atoms with E-state index in [9.17, 15) is 4.79 Å². The van der Waals surface area contributed by atoms with Crippen molar-refractivity contribution < 1.29 is 14.3 Å². The molecule has 0 aromatic rings. The Hall–Kier alpha value is -0.570. The minimum atomic E-state index is -0.143. The quantitative estimate of drug-likeness (QED) is 0.610. The van der Waals surface area contributed by atoms with E-state index < -0.39 is 0 Å². The summed E-state index contributed by atoms with van der Waals surface area (Å²) in [5.41, 5.74) is 0. The first-order chi connectivity index (χ1) is 7.25. The Morgan fingerprint density at radius 2 is 2.13 bits per heavy atom. The number of carbonyl (C=O) groups excluding carboxylic acids is 1. The monoisotopic (exact) mass is 208 g/mol. The van der Waals surface area contributed by atoms with Gasteiger partial charge in [-0.05, 0) is 37.0 Å². The van der Waals surface area contributed by atoms with Crippen LogP contribution in [0, 0.1) is 23.7 Å². The van der Waals surface area contributed by atoms with Crippen LogP contribution in [0.1, 0.15) is 26.2 Å². The largest absolute Gasteiger partial charge is 0.459 e. The van der Waals surface area contributed by atoms with Crippen molar-refractivity contribution in [2.24, 2.45) is 23.7 Å². The van der Waals surface area contributed by atoms with Crippen LogP contribution < -0.4 is 0 Å². The number of carbonyl (C=O) groups is 1. The smallest absolute Gasteiger partial charge is 0.303 e. The molecule has 0 radical (unpaired) electrons. The van der Waals surface area contributed by atoms with Gasteiger partial charge in [0.2, 0.25) is 0 Å². The molecule has 1 heterocycles. The van der Waals surface area contributed by atoms with E-state index in [4.69, 9.17) is 9.47 Å². The van der Waals surface area contributed by atoms with E-state index in [0.29, 0.717) is 17.9 Å². The summed E-state index contributed by atoms with van der Waals surface area (Å²) in [5, 5.41) is 0. The second kappa shape index (κ2) is 2.57. The molecule has 7 atom stereocenters. The lowest BCUT2D eigenvalue weighted by Crippen LogP contribution is -2.39. The lowest BCUT2D eigenvalue weighted by molar-refractivity contribution is -0.158. The SMILES string of the molecule is CC(=O)O[C@H]1[C@H]2C[C@H]3[C@@H]1O[C@H]1CC[C@@H]2[C@@H]31. The maximum atomic E-state index is 11.1. The fourth-order valence-corrected chi connectivity index (χ4v) is 4.86. The summed E-state index contributed by atoms with van der Waals surface area (Å²) in [6.45, 7) is 1.51. The van der Waals surface area contributed by atoms with Crippen molar-refractivity contribution in [2.75, 3.05) is 0 Å². The highest BCUT2D eigenvalue weighted by atomic mass is 16.6. The Balaban J connectivity index is 1.68. The first-order valence-electron chi connectivity index (χ1n) is 6.08. The molecule has 3 aliphatic carbocycles. The molecule has 3 heteroatoms. The van der Waals surface area contributed by atoms with E-state index >= 15 is 0 Å². The maximum absolute atomic E-state index is 11.1. The molecule has 15 heavy (non-hydrogen) atoms. The second-order valence-corrected chi connectivity index (χ2v) is 5.60. The van der Waals surface area contributed by atoms with Gasteiger partial charge in [-0.2, -0.15) is 0 Å². The van der Waals surface area contributed by atoms with Gasteiger partial charge in [0.05, 0.1) is 12.2 Å². The summed E-state index contributed by atoms with van der Waals surface area (Å²) in [6, 6.07) is 0. The van der Waals surface area contributed by atoms with Gasteiger partial charge in [-0.15, -0.1) is 0 Å².